The van der Waals surface area contributed by atoms with Crippen molar-refractivity contribution in [1.82, 2.24) is 4.90 Å². The van der Waals surface area contributed by atoms with E-state index in [1.54, 1.807) is 11.8 Å². The zero-order valence-corrected chi connectivity index (χ0v) is 9.57. The van der Waals surface area contributed by atoms with Gasteiger partial charge in [0.15, 0.2) is 6.61 Å². The Bertz CT molecular complexity index is 306. The van der Waals surface area contributed by atoms with Crippen molar-refractivity contribution in [3.63, 3.8) is 0 Å². The van der Waals surface area contributed by atoms with Crippen LogP contribution < -0.4 is 0 Å². The molecule has 0 aromatic rings. The average molecular weight is 223 g/mol. The number of esters is 1. The Morgan fingerprint density at radius 3 is 2.88 bits per heavy atom. The van der Waals surface area contributed by atoms with Gasteiger partial charge in [-0.2, -0.15) is 0 Å². The minimum atomic E-state index is -0.436. The summed E-state index contributed by atoms with van der Waals surface area (Å²) in [6, 6.07) is -0.436. The fourth-order valence-electron chi connectivity index (χ4n) is 1.89. The first-order valence-electron chi connectivity index (χ1n) is 5.60. The minimum absolute atomic E-state index is 0.00218. The third-order valence-corrected chi connectivity index (χ3v) is 2.70. The third kappa shape index (κ3) is 2.99. The highest BCUT2D eigenvalue weighted by Crippen LogP contribution is 2.19. The Balaban J connectivity index is 2.63. The molecule has 0 spiro atoms. The van der Waals surface area contributed by atoms with Crippen molar-refractivity contribution in [3.05, 3.63) is 0 Å². The Morgan fingerprint density at radius 1 is 1.50 bits per heavy atom. The summed E-state index contributed by atoms with van der Waals surface area (Å²) in [4.78, 5) is 24.9. The summed E-state index contributed by atoms with van der Waals surface area (Å²) in [7, 11) is 0. The van der Waals surface area contributed by atoms with Crippen LogP contribution in [0.1, 0.15) is 32.6 Å². The van der Waals surface area contributed by atoms with Gasteiger partial charge in [0.25, 0.3) is 0 Å². The zero-order chi connectivity index (χ0) is 12.0. The van der Waals surface area contributed by atoms with Crippen LogP contribution in [0.3, 0.4) is 0 Å². The number of amides is 1. The van der Waals surface area contributed by atoms with Gasteiger partial charge in [0.1, 0.15) is 6.04 Å². The van der Waals surface area contributed by atoms with Crippen molar-refractivity contribution in [1.29, 1.82) is 0 Å². The van der Waals surface area contributed by atoms with Crippen molar-refractivity contribution >= 4 is 11.9 Å². The highest BCUT2D eigenvalue weighted by Gasteiger charge is 2.32. The van der Waals surface area contributed by atoms with Gasteiger partial charge >= 0.3 is 5.97 Å². The second-order valence-corrected chi connectivity index (χ2v) is 3.76. The van der Waals surface area contributed by atoms with E-state index in [-0.39, 0.29) is 18.5 Å². The molecule has 1 atom stereocenters. The predicted molar refractivity (Wildman–Crippen MR) is 59.4 cm³/mol. The molecule has 0 aromatic heterocycles. The molecule has 1 rings (SSSR count). The molecule has 1 fully saturated rings. The van der Waals surface area contributed by atoms with E-state index in [4.69, 9.17) is 11.2 Å². The Hall–Kier alpha value is -1.50. The van der Waals surface area contributed by atoms with Crippen molar-refractivity contribution in [2.75, 3.05) is 13.2 Å². The molecular weight excluding hydrogens is 206 g/mol. The van der Waals surface area contributed by atoms with E-state index in [1.165, 1.54) is 0 Å². The molecule has 4 heteroatoms. The van der Waals surface area contributed by atoms with Crippen molar-refractivity contribution in [2.24, 2.45) is 0 Å². The number of ether oxygens (including phenoxy) is 1. The number of carbonyl (C=O) groups excluding carboxylic acids is 2. The maximum Gasteiger partial charge on any atom is 0.329 e. The summed E-state index contributed by atoms with van der Waals surface area (Å²) in [6.45, 7) is 2.41. The topological polar surface area (TPSA) is 46.6 Å². The van der Waals surface area contributed by atoms with Crippen molar-refractivity contribution in [3.8, 4) is 12.3 Å². The van der Waals surface area contributed by atoms with Gasteiger partial charge in [-0.05, 0) is 19.3 Å². The zero-order valence-electron chi connectivity index (χ0n) is 9.57. The quantitative estimate of drug-likeness (QED) is 0.528. The normalized spacial score (nSPS) is 20.0. The molecule has 16 heavy (non-hydrogen) atoms. The van der Waals surface area contributed by atoms with Gasteiger partial charge in [-0.1, -0.05) is 12.8 Å². The molecule has 0 aromatic carbocycles. The molecule has 0 saturated carbocycles. The smallest absolute Gasteiger partial charge is 0.329 e. The van der Waals surface area contributed by atoms with Gasteiger partial charge in [0.05, 0.1) is 0 Å². The lowest BCUT2D eigenvalue weighted by atomic mass is 10.0. The molecule has 0 bridgehead atoms. The fraction of sp³-hybridized carbons (Fsp3) is 0.667. The van der Waals surface area contributed by atoms with Crippen molar-refractivity contribution in [2.45, 2.75) is 38.6 Å². The predicted octanol–water partition coefficient (Wildman–Crippen LogP) is 0.954. The summed E-state index contributed by atoms with van der Waals surface area (Å²) in [6.07, 6.45) is 8.01. The minimum Gasteiger partial charge on any atom is -0.451 e. The van der Waals surface area contributed by atoms with E-state index < -0.39 is 6.04 Å². The maximum atomic E-state index is 11.7. The van der Waals surface area contributed by atoms with Gasteiger partial charge in [-0.3, -0.25) is 4.79 Å². The fourth-order valence-corrected chi connectivity index (χ4v) is 1.89. The summed E-state index contributed by atoms with van der Waals surface area (Å²) >= 11 is 0. The summed E-state index contributed by atoms with van der Waals surface area (Å²) in [5.41, 5.74) is 0. The van der Waals surface area contributed by atoms with Crippen LogP contribution in [0, 0.1) is 12.3 Å². The molecule has 0 N–H and O–H groups in total. The number of hydrogen-bond donors (Lipinski definition) is 0. The molecule has 1 heterocycles. The second kappa shape index (κ2) is 6.16. The van der Waals surface area contributed by atoms with Crippen LogP contribution in [0.25, 0.3) is 0 Å². The Kier molecular flexibility index (Phi) is 4.84. The van der Waals surface area contributed by atoms with E-state index >= 15 is 0 Å². The molecule has 0 aliphatic carbocycles. The number of likely N-dealkylation sites (tertiary alicyclic amines) is 1. The van der Waals surface area contributed by atoms with Gasteiger partial charge < -0.3 is 9.64 Å². The molecule has 1 aliphatic rings. The van der Waals surface area contributed by atoms with Crippen LogP contribution in [0.5, 0.6) is 0 Å². The van der Waals surface area contributed by atoms with Gasteiger partial charge in [-0.15, -0.1) is 6.42 Å². The third-order valence-electron chi connectivity index (χ3n) is 2.70. The first-order chi connectivity index (χ1) is 7.70. The second-order valence-electron chi connectivity index (χ2n) is 3.76. The Morgan fingerprint density at radius 2 is 2.25 bits per heavy atom. The number of carbonyl (C=O) groups is 2. The SMILES string of the molecule is C#CCOC(=O)C1CCCCN1C(=O)CC. The van der Waals surface area contributed by atoms with E-state index in [2.05, 4.69) is 5.92 Å². The first kappa shape index (κ1) is 12.6. The van der Waals surface area contributed by atoms with E-state index in [0.29, 0.717) is 19.4 Å². The van der Waals surface area contributed by atoms with Crippen LogP contribution in [-0.2, 0) is 14.3 Å². The molecule has 1 unspecified atom stereocenters. The van der Waals surface area contributed by atoms with Crippen LogP contribution in [-0.4, -0.2) is 36.0 Å². The first-order valence-corrected chi connectivity index (χ1v) is 5.60. The lowest BCUT2D eigenvalue weighted by molar-refractivity contribution is -0.155. The highest BCUT2D eigenvalue weighted by molar-refractivity contribution is 5.84. The summed E-state index contributed by atoms with van der Waals surface area (Å²) in [5, 5.41) is 0. The molecule has 0 radical (unpaired) electrons. The lowest BCUT2D eigenvalue weighted by Crippen LogP contribution is -2.48. The molecule has 88 valence electrons. The van der Waals surface area contributed by atoms with E-state index in [0.717, 1.165) is 12.8 Å². The van der Waals surface area contributed by atoms with Gasteiger partial charge in [0.2, 0.25) is 5.91 Å². The average Bonchev–Trinajstić information content (AvgIpc) is 2.35. The monoisotopic (exact) mass is 223 g/mol. The largest absolute Gasteiger partial charge is 0.451 e. The molecular formula is C12H17NO3. The summed E-state index contributed by atoms with van der Waals surface area (Å²) < 4.78 is 4.89. The maximum absolute atomic E-state index is 11.7. The van der Waals surface area contributed by atoms with Crippen LogP contribution in [0.2, 0.25) is 0 Å². The number of hydrogen-bond acceptors (Lipinski definition) is 3. The molecule has 1 saturated heterocycles. The van der Waals surface area contributed by atoms with Crippen LogP contribution in [0.4, 0.5) is 0 Å². The highest BCUT2D eigenvalue weighted by atomic mass is 16.5. The van der Waals surface area contributed by atoms with E-state index in [1.807, 2.05) is 0 Å². The number of piperidine rings is 1. The Labute approximate surface area is 95.9 Å². The van der Waals surface area contributed by atoms with Gasteiger partial charge in [0, 0.05) is 13.0 Å². The van der Waals surface area contributed by atoms with Crippen LogP contribution in [0.15, 0.2) is 0 Å². The number of rotatable bonds is 3. The molecule has 1 amide bonds. The number of terminal acetylenes is 1. The molecule has 1 aliphatic heterocycles. The van der Waals surface area contributed by atoms with Gasteiger partial charge in [-0.25, -0.2) is 4.79 Å². The summed E-state index contributed by atoms with van der Waals surface area (Å²) in [5.74, 6) is 1.88. The van der Waals surface area contributed by atoms with Crippen molar-refractivity contribution < 1.29 is 14.3 Å². The standard InChI is InChI=1S/C12H17NO3/c1-3-9-16-12(15)10-7-5-6-8-13(10)11(14)4-2/h1,10H,4-9H2,2H3. The van der Waals surface area contributed by atoms with Crippen LogP contribution >= 0.6 is 0 Å². The number of nitrogens with zero attached hydrogens (tertiary/aromatic N) is 1. The lowest BCUT2D eigenvalue weighted by Gasteiger charge is -2.33. The molecule has 4 nitrogen and oxygen atoms in total. The van der Waals surface area contributed by atoms with E-state index in [9.17, 15) is 9.59 Å².